The third-order valence-electron chi connectivity index (χ3n) is 12.7. The van der Waals surface area contributed by atoms with E-state index in [-0.39, 0.29) is 23.9 Å². The number of aromatic nitrogens is 4. The van der Waals surface area contributed by atoms with Crippen molar-refractivity contribution in [2.45, 2.75) is 102 Å². The highest BCUT2D eigenvalue weighted by Crippen LogP contribution is 2.44. The van der Waals surface area contributed by atoms with Gasteiger partial charge in [-0.15, -0.1) is 0 Å². The number of aryl methyl sites for hydroxylation is 5. The molecule has 1 aliphatic carbocycles. The molecule has 0 unspecified atom stereocenters. The van der Waals surface area contributed by atoms with Gasteiger partial charge in [0.25, 0.3) is 0 Å². The molecule has 0 saturated heterocycles. The van der Waals surface area contributed by atoms with Crippen LogP contribution in [0.1, 0.15) is 117 Å². The molecule has 3 aliphatic rings. The van der Waals surface area contributed by atoms with Crippen LogP contribution in [0.4, 0.5) is 0 Å². The Kier molecular flexibility index (Phi) is 10.8. The highest BCUT2D eigenvalue weighted by Gasteiger charge is 2.27. The molecule has 0 spiro atoms. The van der Waals surface area contributed by atoms with Gasteiger partial charge in [0, 0.05) is 33.8 Å². The van der Waals surface area contributed by atoms with Crippen molar-refractivity contribution in [3.8, 4) is 22.3 Å². The van der Waals surface area contributed by atoms with E-state index in [1.165, 1.54) is 62.3 Å². The highest BCUT2D eigenvalue weighted by atomic mass is 16.5. The summed E-state index contributed by atoms with van der Waals surface area (Å²) in [7, 11) is 0. The average molecular weight is 795 g/mol. The van der Waals surface area contributed by atoms with Crippen LogP contribution in [0.15, 0.2) is 84.1 Å². The van der Waals surface area contributed by atoms with Crippen LogP contribution in [-0.2, 0) is 33.8 Å². The molecule has 5 heterocycles. The number of H-pyrrole nitrogens is 2. The lowest BCUT2D eigenvalue weighted by Crippen LogP contribution is -2.14. The normalized spacial score (nSPS) is 14.3. The molecule has 0 radical (unpaired) electrons. The Morgan fingerprint density at radius 3 is 1.55 bits per heavy atom. The fraction of sp³-hybridized carbons (Fsp3) is 0.283. The second kappa shape index (κ2) is 16.0. The van der Waals surface area contributed by atoms with E-state index < -0.39 is 0 Å². The van der Waals surface area contributed by atoms with Crippen LogP contribution >= 0.6 is 0 Å². The molecule has 5 aromatic rings. The summed E-state index contributed by atoms with van der Waals surface area (Å²) in [5.41, 5.74) is 24.7. The van der Waals surface area contributed by atoms with E-state index >= 15 is 0 Å². The molecule has 60 heavy (non-hydrogen) atoms. The van der Waals surface area contributed by atoms with E-state index in [1.807, 2.05) is 12.1 Å². The van der Waals surface area contributed by atoms with Crippen LogP contribution in [-0.4, -0.2) is 31.5 Å². The fourth-order valence-corrected chi connectivity index (χ4v) is 9.34. The van der Waals surface area contributed by atoms with Crippen molar-refractivity contribution < 1.29 is 14.3 Å². The highest BCUT2D eigenvalue weighted by molar-refractivity contribution is 6.19. The number of Topliss-reactive ketones (excluding diaryl/α,β-unsaturated/α-hetero) is 1. The van der Waals surface area contributed by atoms with E-state index in [9.17, 15) is 9.59 Å². The summed E-state index contributed by atoms with van der Waals surface area (Å²) in [5, 5.41) is 0. The Morgan fingerprint density at radius 1 is 0.583 bits per heavy atom. The van der Waals surface area contributed by atoms with Crippen LogP contribution < -0.4 is 0 Å². The molecule has 7 nitrogen and oxygen atoms in total. The molecular weight excluding hydrogens is 741 g/mol. The molecule has 0 saturated carbocycles. The lowest BCUT2D eigenvalue weighted by atomic mass is 9.93. The number of nitrogens with one attached hydrogen (secondary N) is 2. The Morgan fingerprint density at radius 2 is 1.07 bits per heavy atom. The second-order valence-electron chi connectivity index (χ2n) is 16.3. The third-order valence-corrected chi connectivity index (χ3v) is 12.7. The van der Waals surface area contributed by atoms with Crippen LogP contribution in [0.5, 0.6) is 0 Å². The number of hydrogen-bond acceptors (Lipinski definition) is 5. The van der Waals surface area contributed by atoms with Crippen molar-refractivity contribution in [1.29, 1.82) is 0 Å². The number of ketones is 2. The van der Waals surface area contributed by atoms with Crippen LogP contribution in [0.3, 0.4) is 0 Å². The van der Waals surface area contributed by atoms with Crippen LogP contribution in [0, 0.1) is 20.8 Å². The predicted molar refractivity (Wildman–Crippen MR) is 247 cm³/mol. The molecule has 2 N–H and O–H groups in total. The van der Waals surface area contributed by atoms with Crippen LogP contribution in [0.25, 0.3) is 66.6 Å². The summed E-state index contributed by atoms with van der Waals surface area (Å²) < 4.78 is 5.91. The standard InChI is InChI=1S/C53H54N4O3/c1-11-38-30(7)49-47(35-19-15-28(5)16-20-35)50-31(8)39(12-2)43(55-50)26-45-41(14-4)33(10)52(57-45)48(51-32(9)40(13-3)44(56-51)25-42(38)54-49)36-21-17-34(18-22-36)27-60-46-24-37(58)23-29(6)53(46)59/h15-26,56-57H,11-14,27H2,1-10H3. The zero-order chi connectivity index (χ0) is 42.6. The van der Waals surface area contributed by atoms with Gasteiger partial charge in [0.05, 0.1) is 33.8 Å². The molecule has 2 aromatic carbocycles. The number of ether oxygens (including phenoxy) is 1. The first kappa shape index (κ1) is 40.4. The minimum Gasteiger partial charge on any atom is -0.485 e. The van der Waals surface area contributed by atoms with Gasteiger partial charge in [-0.3, -0.25) is 9.59 Å². The maximum atomic E-state index is 12.7. The summed E-state index contributed by atoms with van der Waals surface area (Å²) >= 11 is 0. The van der Waals surface area contributed by atoms with Gasteiger partial charge in [-0.2, -0.15) is 0 Å². The molecule has 3 aromatic heterocycles. The largest absolute Gasteiger partial charge is 0.485 e. The van der Waals surface area contributed by atoms with Gasteiger partial charge in [0.2, 0.25) is 5.78 Å². The summed E-state index contributed by atoms with van der Waals surface area (Å²) in [4.78, 5) is 43.8. The zero-order valence-corrected chi connectivity index (χ0v) is 36.6. The first-order chi connectivity index (χ1) is 28.9. The van der Waals surface area contributed by atoms with Crippen molar-refractivity contribution >= 4 is 55.9 Å². The predicted octanol–water partition coefficient (Wildman–Crippen LogP) is 12.9. The second-order valence-corrected chi connectivity index (χ2v) is 16.3. The molecule has 0 amide bonds. The van der Waals surface area contributed by atoms with Crippen LogP contribution in [0.2, 0.25) is 0 Å². The van der Waals surface area contributed by atoms with Crippen molar-refractivity contribution in [2.24, 2.45) is 0 Å². The van der Waals surface area contributed by atoms with Gasteiger partial charge in [-0.25, -0.2) is 9.97 Å². The minimum absolute atomic E-state index is 0.0803. The van der Waals surface area contributed by atoms with Gasteiger partial charge in [-0.1, -0.05) is 81.8 Å². The number of nitrogens with zero attached hydrogens (tertiary/aromatic N) is 2. The molecule has 0 atom stereocenters. The SMILES string of the molecule is CCC1=C(C)c2nc1cc1[nH]c(c(C)c1CC)c(-c1ccc(COC3=CC(=O)C=C(C)C3=O)cc1)c1[nH]c(cc3nc(c2-c2ccc(C)cc2)C(C)=C3CC)c(CC)c1C. The smallest absolute Gasteiger partial charge is 0.223 e. The molecular formula is C53H54N4O3. The molecule has 304 valence electrons. The molecule has 8 bridgehead atoms. The molecule has 0 fully saturated rings. The van der Waals surface area contributed by atoms with Gasteiger partial charge in [0.15, 0.2) is 11.5 Å². The van der Waals surface area contributed by atoms with E-state index in [0.29, 0.717) is 5.57 Å². The number of carbonyl (C=O) groups is 2. The summed E-state index contributed by atoms with van der Waals surface area (Å²) in [6.45, 7) is 21.7. The lowest BCUT2D eigenvalue weighted by Gasteiger charge is -2.13. The monoisotopic (exact) mass is 794 g/mol. The number of benzene rings is 2. The minimum atomic E-state index is -0.260. The van der Waals surface area contributed by atoms with Gasteiger partial charge in [-0.05, 0) is 147 Å². The van der Waals surface area contributed by atoms with E-state index in [0.717, 1.165) is 98.3 Å². The van der Waals surface area contributed by atoms with E-state index in [4.69, 9.17) is 14.7 Å². The quantitative estimate of drug-likeness (QED) is 0.145. The number of aromatic amines is 2. The van der Waals surface area contributed by atoms with Gasteiger partial charge < -0.3 is 14.7 Å². The Bertz CT molecular complexity index is 2800. The van der Waals surface area contributed by atoms with Gasteiger partial charge >= 0.3 is 0 Å². The van der Waals surface area contributed by atoms with E-state index in [2.05, 4.69) is 121 Å². The average Bonchev–Trinajstić information content (AvgIpc) is 3.92. The van der Waals surface area contributed by atoms with Crippen molar-refractivity contribution in [3.63, 3.8) is 0 Å². The maximum Gasteiger partial charge on any atom is 0.223 e. The number of hydrogen-bond donors (Lipinski definition) is 2. The van der Waals surface area contributed by atoms with Crippen molar-refractivity contribution in [3.05, 3.63) is 140 Å². The van der Waals surface area contributed by atoms with Crippen molar-refractivity contribution in [1.82, 2.24) is 19.9 Å². The fourth-order valence-electron chi connectivity index (χ4n) is 9.34. The Labute approximate surface area is 353 Å². The molecule has 8 rings (SSSR count). The third kappa shape index (κ3) is 6.90. The summed E-state index contributed by atoms with van der Waals surface area (Å²) in [5.74, 6) is -0.416. The molecule has 7 heteroatoms. The first-order valence-corrected chi connectivity index (χ1v) is 21.3. The molecule has 2 aliphatic heterocycles. The van der Waals surface area contributed by atoms with Crippen molar-refractivity contribution in [2.75, 3.05) is 0 Å². The maximum absolute atomic E-state index is 12.7. The Hall–Kier alpha value is -6.34. The van der Waals surface area contributed by atoms with E-state index in [1.54, 1.807) is 6.92 Å². The summed E-state index contributed by atoms with van der Waals surface area (Å²) in [6, 6.07) is 21.6. The number of carbonyl (C=O) groups excluding carboxylic acids is 2. The number of rotatable bonds is 9. The Balaban J connectivity index is 1.44. The topological polar surface area (TPSA) is 101 Å². The lowest BCUT2D eigenvalue weighted by molar-refractivity contribution is -0.118. The van der Waals surface area contributed by atoms with Gasteiger partial charge in [0.1, 0.15) is 6.61 Å². The zero-order valence-electron chi connectivity index (χ0n) is 36.6. The first-order valence-electron chi connectivity index (χ1n) is 21.3. The number of allylic oxidation sites excluding steroid dienone is 7. The summed E-state index contributed by atoms with van der Waals surface area (Å²) in [6.07, 6.45) is 6.01. The number of fused-ring (bicyclic) bond motifs is 8.